The van der Waals surface area contributed by atoms with Gasteiger partial charge < -0.3 is 30.2 Å². The minimum absolute atomic E-state index is 0.446. The molecule has 0 saturated heterocycles. The number of methoxy groups -OCH3 is 3. The molecule has 0 aliphatic carbocycles. The number of nitrogens with zero attached hydrogens (tertiary/aromatic N) is 3. The molecule has 2 aromatic heterocycles. The van der Waals surface area contributed by atoms with E-state index in [0.717, 1.165) is 0 Å². The number of pyridine rings is 1. The van der Waals surface area contributed by atoms with Crippen molar-refractivity contribution in [1.82, 2.24) is 20.3 Å². The van der Waals surface area contributed by atoms with E-state index in [1.165, 1.54) is 0 Å². The highest BCUT2D eigenvalue weighted by Crippen LogP contribution is 2.40. The van der Waals surface area contributed by atoms with Crippen molar-refractivity contribution in [3.63, 3.8) is 0 Å². The van der Waals surface area contributed by atoms with E-state index in [9.17, 15) is 0 Å². The quantitative estimate of drug-likeness (QED) is 0.367. The SMILES string of the molecule is C=CCNC(=S)Nc1ccc2ncc(Nc3cc(OC)c(OC)c(OC)c3)nc2n1. The number of thiocarbonyl (C=S) groups is 1. The monoisotopic (exact) mass is 426 g/mol. The number of hydrogen-bond donors (Lipinski definition) is 3. The highest BCUT2D eigenvalue weighted by atomic mass is 32.1. The van der Waals surface area contributed by atoms with Gasteiger partial charge in [0.25, 0.3) is 0 Å². The van der Waals surface area contributed by atoms with Crippen LogP contribution < -0.4 is 30.2 Å². The Labute approximate surface area is 179 Å². The van der Waals surface area contributed by atoms with Gasteiger partial charge in [0.15, 0.2) is 28.1 Å². The zero-order chi connectivity index (χ0) is 21.5. The van der Waals surface area contributed by atoms with Gasteiger partial charge in [0.2, 0.25) is 5.75 Å². The van der Waals surface area contributed by atoms with Crippen molar-refractivity contribution in [1.29, 1.82) is 0 Å². The van der Waals surface area contributed by atoms with Gasteiger partial charge >= 0.3 is 0 Å². The Balaban J connectivity index is 1.86. The smallest absolute Gasteiger partial charge is 0.203 e. The van der Waals surface area contributed by atoms with Gasteiger partial charge in [-0.1, -0.05) is 6.08 Å². The first-order valence-electron chi connectivity index (χ1n) is 8.94. The molecule has 2 heterocycles. The van der Waals surface area contributed by atoms with Crippen LogP contribution in [0.15, 0.2) is 43.1 Å². The highest BCUT2D eigenvalue weighted by molar-refractivity contribution is 7.80. The molecule has 156 valence electrons. The number of ether oxygens (including phenoxy) is 3. The normalized spacial score (nSPS) is 10.2. The maximum absolute atomic E-state index is 5.38. The second-order valence-corrected chi connectivity index (χ2v) is 6.37. The van der Waals surface area contributed by atoms with Gasteiger partial charge in [-0.05, 0) is 24.4 Å². The molecule has 3 rings (SSSR count). The average molecular weight is 427 g/mol. The Bertz CT molecular complexity index is 1050. The lowest BCUT2D eigenvalue weighted by atomic mass is 10.2. The fourth-order valence-electron chi connectivity index (χ4n) is 2.65. The number of benzene rings is 1. The lowest BCUT2D eigenvalue weighted by molar-refractivity contribution is 0.324. The summed E-state index contributed by atoms with van der Waals surface area (Å²) in [6.07, 6.45) is 3.34. The van der Waals surface area contributed by atoms with Crippen LogP contribution in [0, 0.1) is 0 Å². The van der Waals surface area contributed by atoms with E-state index < -0.39 is 0 Å². The minimum Gasteiger partial charge on any atom is -0.493 e. The first-order valence-corrected chi connectivity index (χ1v) is 9.35. The van der Waals surface area contributed by atoms with Crippen LogP contribution in [0.2, 0.25) is 0 Å². The molecule has 10 heteroatoms. The molecule has 0 saturated carbocycles. The number of anilines is 3. The summed E-state index contributed by atoms with van der Waals surface area (Å²) in [5.74, 6) is 2.63. The molecule has 0 spiro atoms. The second-order valence-electron chi connectivity index (χ2n) is 5.96. The van der Waals surface area contributed by atoms with Crippen LogP contribution in [-0.4, -0.2) is 47.9 Å². The Morgan fingerprint density at radius 3 is 2.40 bits per heavy atom. The van der Waals surface area contributed by atoms with E-state index in [1.54, 1.807) is 51.8 Å². The summed E-state index contributed by atoms with van der Waals surface area (Å²) in [5, 5.41) is 9.62. The number of aromatic nitrogens is 3. The molecule has 0 amide bonds. The van der Waals surface area contributed by atoms with E-state index in [0.29, 0.717) is 57.4 Å². The zero-order valence-corrected chi connectivity index (χ0v) is 17.7. The molecule has 0 unspecified atom stereocenters. The van der Waals surface area contributed by atoms with Crippen LogP contribution in [-0.2, 0) is 0 Å². The van der Waals surface area contributed by atoms with Crippen LogP contribution >= 0.6 is 12.2 Å². The fourth-order valence-corrected chi connectivity index (χ4v) is 2.84. The molecule has 0 atom stereocenters. The summed E-state index contributed by atoms with van der Waals surface area (Å²) >= 11 is 5.21. The van der Waals surface area contributed by atoms with Crippen LogP contribution in [0.5, 0.6) is 17.2 Å². The molecule has 3 N–H and O–H groups in total. The van der Waals surface area contributed by atoms with E-state index in [4.69, 9.17) is 26.4 Å². The van der Waals surface area contributed by atoms with Gasteiger partial charge in [-0.25, -0.2) is 15.0 Å². The molecule has 3 aromatic rings. The largest absolute Gasteiger partial charge is 0.493 e. The average Bonchev–Trinajstić information content (AvgIpc) is 2.76. The van der Waals surface area contributed by atoms with Gasteiger partial charge in [0.05, 0.1) is 27.5 Å². The van der Waals surface area contributed by atoms with E-state index in [2.05, 4.69) is 37.5 Å². The van der Waals surface area contributed by atoms with Crippen molar-refractivity contribution < 1.29 is 14.2 Å². The molecule has 0 bridgehead atoms. The second kappa shape index (κ2) is 9.70. The Kier molecular flexibility index (Phi) is 6.81. The Morgan fingerprint density at radius 2 is 1.77 bits per heavy atom. The van der Waals surface area contributed by atoms with Crippen molar-refractivity contribution in [3.05, 3.63) is 43.1 Å². The van der Waals surface area contributed by atoms with Crippen LogP contribution in [0.25, 0.3) is 11.2 Å². The molecular weight excluding hydrogens is 404 g/mol. The van der Waals surface area contributed by atoms with E-state index >= 15 is 0 Å². The predicted octanol–water partition coefficient (Wildman–Crippen LogP) is 3.27. The predicted molar refractivity (Wildman–Crippen MR) is 121 cm³/mol. The zero-order valence-electron chi connectivity index (χ0n) is 16.9. The Hall–Kier alpha value is -3.66. The number of nitrogens with one attached hydrogen (secondary N) is 3. The third-order valence-electron chi connectivity index (χ3n) is 3.99. The molecule has 30 heavy (non-hydrogen) atoms. The molecule has 1 aromatic carbocycles. The maximum Gasteiger partial charge on any atom is 0.203 e. The summed E-state index contributed by atoms with van der Waals surface area (Å²) in [6, 6.07) is 7.16. The summed E-state index contributed by atoms with van der Waals surface area (Å²) in [4.78, 5) is 13.4. The number of rotatable bonds is 8. The van der Waals surface area contributed by atoms with Crippen molar-refractivity contribution in [2.24, 2.45) is 0 Å². The van der Waals surface area contributed by atoms with Gasteiger partial charge in [0.1, 0.15) is 11.3 Å². The van der Waals surface area contributed by atoms with Crippen LogP contribution in [0.1, 0.15) is 0 Å². The molecule has 0 fully saturated rings. The summed E-state index contributed by atoms with van der Waals surface area (Å²) in [7, 11) is 4.67. The minimum atomic E-state index is 0.446. The van der Waals surface area contributed by atoms with Crippen molar-refractivity contribution in [2.45, 2.75) is 0 Å². The van der Waals surface area contributed by atoms with Crippen LogP contribution in [0.3, 0.4) is 0 Å². The third kappa shape index (κ3) is 4.84. The number of hydrogen-bond acceptors (Lipinski definition) is 8. The first kappa shape index (κ1) is 21.1. The summed E-state index contributed by atoms with van der Waals surface area (Å²) in [6.45, 7) is 4.20. The van der Waals surface area contributed by atoms with Gasteiger partial charge in [-0.15, -0.1) is 6.58 Å². The standard InChI is InChI=1S/C20H22N6O3S/c1-5-8-21-20(30)26-16-7-6-13-19(24-16)25-17(11-22-13)23-12-9-14(27-2)18(29-4)15(10-12)28-3/h5-7,9-11H,1,8H2,2-4H3,(H3,21,23,24,25,26,30). The summed E-state index contributed by atoms with van der Waals surface area (Å²) in [5.41, 5.74) is 1.81. The molecule has 0 aliphatic heterocycles. The lowest BCUT2D eigenvalue weighted by Gasteiger charge is -2.15. The van der Waals surface area contributed by atoms with E-state index in [-0.39, 0.29) is 0 Å². The van der Waals surface area contributed by atoms with Gasteiger partial charge in [-0.2, -0.15) is 0 Å². The topological polar surface area (TPSA) is 102 Å². The molecule has 0 radical (unpaired) electrons. The lowest BCUT2D eigenvalue weighted by Crippen LogP contribution is -2.28. The first-order chi connectivity index (χ1) is 14.6. The van der Waals surface area contributed by atoms with Crippen molar-refractivity contribution >= 4 is 45.8 Å². The fraction of sp³-hybridized carbons (Fsp3) is 0.200. The van der Waals surface area contributed by atoms with E-state index in [1.807, 2.05) is 6.07 Å². The molecule has 9 nitrogen and oxygen atoms in total. The van der Waals surface area contributed by atoms with Crippen molar-refractivity contribution in [3.8, 4) is 17.2 Å². The number of fused-ring (bicyclic) bond motifs is 1. The maximum atomic E-state index is 5.38. The molecule has 0 aliphatic rings. The Morgan fingerprint density at radius 1 is 1.07 bits per heavy atom. The third-order valence-corrected chi connectivity index (χ3v) is 4.24. The van der Waals surface area contributed by atoms with Gasteiger partial charge in [0, 0.05) is 24.4 Å². The van der Waals surface area contributed by atoms with Crippen molar-refractivity contribution in [2.75, 3.05) is 38.5 Å². The van der Waals surface area contributed by atoms with Crippen LogP contribution in [0.4, 0.5) is 17.3 Å². The molecular formula is C20H22N6O3S. The van der Waals surface area contributed by atoms with Gasteiger partial charge in [-0.3, -0.25) is 0 Å². The summed E-state index contributed by atoms with van der Waals surface area (Å²) < 4.78 is 16.1. The highest BCUT2D eigenvalue weighted by Gasteiger charge is 2.14.